The van der Waals surface area contributed by atoms with Gasteiger partial charge in [-0.05, 0) is 58.0 Å². The van der Waals surface area contributed by atoms with E-state index in [-0.39, 0.29) is 0 Å². The van der Waals surface area contributed by atoms with Crippen molar-refractivity contribution in [2.24, 2.45) is 11.7 Å². The maximum Gasteiger partial charge on any atom is 0.121 e. The number of hydrogen-bond donors (Lipinski definition) is 1. The first-order valence-electron chi connectivity index (χ1n) is 5.69. The van der Waals surface area contributed by atoms with Crippen molar-refractivity contribution in [2.75, 3.05) is 20.1 Å². The van der Waals surface area contributed by atoms with Gasteiger partial charge in [0.05, 0.1) is 6.04 Å². The standard InChI is InChI=1S/C12H20N2O/c1-9-5-6-11(15-9)12-10(8-13)4-3-7-14(12)2/h5-6,10,12H,3-4,7-8,13H2,1-2H3/t10-,12+/m1/s1. The molecular weight excluding hydrogens is 188 g/mol. The fraction of sp³-hybridized carbons (Fsp3) is 0.667. The predicted molar refractivity (Wildman–Crippen MR) is 60.6 cm³/mol. The van der Waals surface area contributed by atoms with Crippen LogP contribution in [0, 0.1) is 12.8 Å². The van der Waals surface area contributed by atoms with E-state index in [2.05, 4.69) is 18.0 Å². The molecule has 2 N–H and O–H groups in total. The first kappa shape index (κ1) is 10.7. The van der Waals surface area contributed by atoms with Gasteiger partial charge in [-0.15, -0.1) is 0 Å². The zero-order valence-corrected chi connectivity index (χ0v) is 9.57. The zero-order chi connectivity index (χ0) is 10.8. The van der Waals surface area contributed by atoms with Gasteiger partial charge in [-0.1, -0.05) is 0 Å². The summed E-state index contributed by atoms with van der Waals surface area (Å²) in [5.74, 6) is 2.60. The molecule has 15 heavy (non-hydrogen) atoms. The highest BCUT2D eigenvalue weighted by atomic mass is 16.3. The molecule has 2 heterocycles. The van der Waals surface area contributed by atoms with Gasteiger partial charge in [0.15, 0.2) is 0 Å². The number of rotatable bonds is 2. The number of nitrogens with two attached hydrogens (primary N) is 1. The molecule has 3 heteroatoms. The second kappa shape index (κ2) is 4.37. The molecule has 0 aliphatic carbocycles. The molecule has 1 aliphatic rings. The van der Waals surface area contributed by atoms with Gasteiger partial charge >= 0.3 is 0 Å². The zero-order valence-electron chi connectivity index (χ0n) is 9.57. The third kappa shape index (κ3) is 2.08. The van der Waals surface area contributed by atoms with Crippen molar-refractivity contribution in [1.29, 1.82) is 0 Å². The fourth-order valence-corrected chi connectivity index (χ4v) is 2.57. The average molecular weight is 208 g/mol. The summed E-state index contributed by atoms with van der Waals surface area (Å²) in [6.07, 6.45) is 2.46. The van der Waals surface area contributed by atoms with Crippen molar-refractivity contribution in [3.63, 3.8) is 0 Å². The minimum Gasteiger partial charge on any atom is -0.465 e. The van der Waals surface area contributed by atoms with E-state index in [1.807, 2.05) is 13.0 Å². The Labute approximate surface area is 91.2 Å². The second-order valence-corrected chi connectivity index (χ2v) is 4.51. The lowest BCUT2D eigenvalue weighted by atomic mass is 9.88. The van der Waals surface area contributed by atoms with E-state index in [9.17, 15) is 0 Å². The van der Waals surface area contributed by atoms with Crippen molar-refractivity contribution < 1.29 is 4.42 Å². The van der Waals surface area contributed by atoms with Crippen molar-refractivity contribution in [3.8, 4) is 0 Å². The molecule has 2 atom stereocenters. The van der Waals surface area contributed by atoms with Gasteiger partial charge in [-0.2, -0.15) is 0 Å². The Morgan fingerprint density at radius 2 is 2.33 bits per heavy atom. The van der Waals surface area contributed by atoms with Crippen LogP contribution in [0.4, 0.5) is 0 Å². The molecule has 0 aromatic carbocycles. The lowest BCUT2D eigenvalue weighted by Crippen LogP contribution is -2.39. The molecule has 0 radical (unpaired) electrons. The Kier molecular flexibility index (Phi) is 3.12. The summed E-state index contributed by atoms with van der Waals surface area (Å²) in [5.41, 5.74) is 5.83. The van der Waals surface area contributed by atoms with Gasteiger partial charge in [0.1, 0.15) is 11.5 Å². The molecule has 0 saturated carbocycles. The van der Waals surface area contributed by atoms with Gasteiger partial charge in [0.25, 0.3) is 0 Å². The van der Waals surface area contributed by atoms with E-state index in [1.54, 1.807) is 0 Å². The summed E-state index contributed by atoms with van der Waals surface area (Å²) in [5, 5.41) is 0. The van der Waals surface area contributed by atoms with Gasteiger partial charge < -0.3 is 10.2 Å². The summed E-state index contributed by atoms with van der Waals surface area (Å²) in [4.78, 5) is 2.36. The van der Waals surface area contributed by atoms with Crippen LogP contribution in [0.5, 0.6) is 0 Å². The third-order valence-corrected chi connectivity index (χ3v) is 3.36. The molecule has 1 saturated heterocycles. The van der Waals surface area contributed by atoms with E-state index < -0.39 is 0 Å². The summed E-state index contributed by atoms with van der Waals surface area (Å²) >= 11 is 0. The predicted octanol–water partition coefficient (Wildman–Crippen LogP) is 1.93. The molecule has 3 nitrogen and oxygen atoms in total. The van der Waals surface area contributed by atoms with Crippen molar-refractivity contribution in [3.05, 3.63) is 23.7 Å². The molecule has 0 spiro atoms. The van der Waals surface area contributed by atoms with Crippen LogP contribution < -0.4 is 5.73 Å². The molecule has 0 bridgehead atoms. The molecule has 1 aliphatic heterocycles. The maximum absolute atomic E-state index is 5.83. The van der Waals surface area contributed by atoms with E-state index in [0.29, 0.717) is 12.0 Å². The Hall–Kier alpha value is -0.800. The number of aryl methyl sites for hydroxylation is 1. The minimum atomic E-state index is 0.373. The van der Waals surface area contributed by atoms with Crippen molar-refractivity contribution >= 4 is 0 Å². The van der Waals surface area contributed by atoms with Crippen LogP contribution in [-0.4, -0.2) is 25.0 Å². The minimum absolute atomic E-state index is 0.373. The molecular formula is C12H20N2O. The molecule has 1 aromatic heterocycles. The van der Waals surface area contributed by atoms with E-state index in [4.69, 9.17) is 10.2 Å². The van der Waals surface area contributed by atoms with Gasteiger partial charge in [-0.3, -0.25) is 4.90 Å². The third-order valence-electron chi connectivity index (χ3n) is 3.36. The quantitative estimate of drug-likeness (QED) is 0.807. The Bertz CT molecular complexity index is 321. The maximum atomic E-state index is 5.83. The van der Waals surface area contributed by atoms with E-state index >= 15 is 0 Å². The topological polar surface area (TPSA) is 42.4 Å². The molecule has 2 rings (SSSR count). The molecule has 84 valence electrons. The summed E-state index contributed by atoms with van der Waals surface area (Å²) < 4.78 is 5.73. The van der Waals surface area contributed by atoms with Crippen LogP contribution in [-0.2, 0) is 0 Å². The second-order valence-electron chi connectivity index (χ2n) is 4.51. The monoisotopic (exact) mass is 208 g/mol. The van der Waals surface area contributed by atoms with Crippen LogP contribution in [0.3, 0.4) is 0 Å². The summed E-state index contributed by atoms with van der Waals surface area (Å²) in [6.45, 7) is 3.87. The number of hydrogen-bond acceptors (Lipinski definition) is 3. The van der Waals surface area contributed by atoms with Crippen molar-refractivity contribution in [2.45, 2.75) is 25.8 Å². The molecule has 0 amide bonds. The van der Waals surface area contributed by atoms with Crippen LogP contribution in [0.25, 0.3) is 0 Å². The first-order valence-corrected chi connectivity index (χ1v) is 5.69. The van der Waals surface area contributed by atoms with Crippen LogP contribution in [0.1, 0.15) is 30.4 Å². The Morgan fingerprint density at radius 1 is 1.53 bits per heavy atom. The van der Waals surface area contributed by atoms with Gasteiger partial charge in [0, 0.05) is 0 Å². The summed E-state index contributed by atoms with van der Waals surface area (Å²) in [6, 6.07) is 4.49. The summed E-state index contributed by atoms with van der Waals surface area (Å²) in [7, 11) is 2.16. The number of likely N-dealkylation sites (tertiary alicyclic amines) is 1. The van der Waals surface area contributed by atoms with Crippen LogP contribution in [0.2, 0.25) is 0 Å². The SMILES string of the molecule is Cc1ccc([C@@H]2[C@@H](CN)CCCN2C)o1. The van der Waals surface area contributed by atoms with Crippen LogP contribution in [0.15, 0.2) is 16.5 Å². The fourth-order valence-electron chi connectivity index (χ4n) is 2.57. The first-order chi connectivity index (χ1) is 7.22. The largest absolute Gasteiger partial charge is 0.465 e. The Balaban J connectivity index is 2.22. The van der Waals surface area contributed by atoms with Gasteiger partial charge in [0.2, 0.25) is 0 Å². The number of nitrogens with zero attached hydrogens (tertiary/aromatic N) is 1. The van der Waals surface area contributed by atoms with Crippen LogP contribution >= 0.6 is 0 Å². The molecule has 1 fully saturated rings. The molecule has 1 aromatic rings. The lowest BCUT2D eigenvalue weighted by Gasteiger charge is -2.37. The lowest BCUT2D eigenvalue weighted by molar-refractivity contribution is 0.105. The number of furan rings is 1. The van der Waals surface area contributed by atoms with Gasteiger partial charge in [-0.25, -0.2) is 0 Å². The Morgan fingerprint density at radius 3 is 2.93 bits per heavy atom. The van der Waals surface area contributed by atoms with Crippen molar-refractivity contribution in [1.82, 2.24) is 4.90 Å². The number of piperidine rings is 1. The van der Waals surface area contributed by atoms with E-state index in [1.165, 1.54) is 12.8 Å². The smallest absolute Gasteiger partial charge is 0.121 e. The average Bonchev–Trinajstić information content (AvgIpc) is 2.64. The molecule has 0 unspecified atom stereocenters. The highest BCUT2D eigenvalue weighted by Crippen LogP contribution is 2.34. The highest BCUT2D eigenvalue weighted by molar-refractivity contribution is 5.12. The van der Waals surface area contributed by atoms with E-state index in [0.717, 1.165) is 24.6 Å². The highest BCUT2D eigenvalue weighted by Gasteiger charge is 2.31. The normalized spacial score (nSPS) is 28.2.